The summed E-state index contributed by atoms with van der Waals surface area (Å²) in [5.41, 5.74) is -0.325. The first-order chi connectivity index (χ1) is 8.97. The molecule has 0 saturated heterocycles. The highest BCUT2D eigenvalue weighted by atomic mass is 35.5. The van der Waals surface area contributed by atoms with Gasteiger partial charge >= 0.3 is 6.18 Å². The number of nitrogens with one attached hydrogen (secondary N) is 1. The van der Waals surface area contributed by atoms with Crippen LogP contribution in [0.1, 0.15) is 24.8 Å². The molecule has 0 saturated carbocycles. The van der Waals surface area contributed by atoms with Crippen LogP contribution in [0.2, 0.25) is 5.02 Å². The fourth-order valence-corrected chi connectivity index (χ4v) is 2.32. The van der Waals surface area contributed by atoms with E-state index in [9.17, 15) is 13.2 Å². The fourth-order valence-electron chi connectivity index (χ4n) is 2.13. The lowest BCUT2D eigenvalue weighted by molar-refractivity contribution is -0.137. The van der Waals surface area contributed by atoms with Gasteiger partial charge < -0.3 is 5.32 Å². The maximum absolute atomic E-state index is 12.6. The Hall–Kier alpha value is -1.16. The quantitative estimate of drug-likeness (QED) is 0.761. The van der Waals surface area contributed by atoms with E-state index >= 15 is 0 Å². The van der Waals surface area contributed by atoms with Crippen LogP contribution in [0.15, 0.2) is 30.4 Å². The van der Waals surface area contributed by atoms with E-state index in [4.69, 9.17) is 11.6 Å². The molecular formula is C14H15ClF3N. The molecule has 0 aliphatic heterocycles. The Balaban J connectivity index is 2.04. The predicted octanol–water partition coefficient (Wildman–Crippen LogP) is 5.13. The molecule has 1 nitrogen and oxygen atoms in total. The minimum atomic E-state index is -4.34. The van der Waals surface area contributed by atoms with E-state index in [1.807, 2.05) is 0 Å². The number of anilines is 1. The monoisotopic (exact) mass is 289 g/mol. The van der Waals surface area contributed by atoms with Crippen LogP contribution in [0.3, 0.4) is 0 Å². The van der Waals surface area contributed by atoms with E-state index in [2.05, 4.69) is 17.5 Å². The second kappa shape index (κ2) is 5.87. The molecule has 1 unspecified atom stereocenters. The molecule has 0 aromatic heterocycles. The minimum absolute atomic E-state index is 0.319. The molecule has 0 spiro atoms. The van der Waals surface area contributed by atoms with Crippen LogP contribution in [0.5, 0.6) is 0 Å². The Morgan fingerprint density at radius 3 is 2.68 bits per heavy atom. The van der Waals surface area contributed by atoms with Gasteiger partial charge in [-0.25, -0.2) is 0 Å². The van der Waals surface area contributed by atoms with Gasteiger partial charge in [-0.2, -0.15) is 13.2 Å². The van der Waals surface area contributed by atoms with Gasteiger partial charge in [0.05, 0.1) is 16.3 Å². The Kier molecular flexibility index (Phi) is 4.40. The number of halogens is 4. The van der Waals surface area contributed by atoms with Crippen molar-refractivity contribution in [2.75, 3.05) is 11.9 Å². The molecule has 1 aliphatic carbocycles. The molecule has 1 N–H and O–H groups in total. The van der Waals surface area contributed by atoms with Gasteiger partial charge in [-0.1, -0.05) is 23.8 Å². The largest absolute Gasteiger partial charge is 0.416 e. The third-order valence-electron chi connectivity index (χ3n) is 3.25. The zero-order valence-corrected chi connectivity index (χ0v) is 11.1. The zero-order chi connectivity index (χ0) is 13.9. The zero-order valence-electron chi connectivity index (χ0n) is 10.3. The smallest absolute Gasteiger partial charge is 0.384 e. The van der Waals surface area contributed by atoms with Crippen LogP contribution in [0.25, 0.3) is 0 Å². The summed E-state index contributed by atoms with van der Waals surface area (Å²) in [6, 6.07) is 3.35. The number of hydrogen-bond donors (Lipinski definition) is 1. The van der Waals surface area contributed by atoms with Crippen LogP contribution in [0.4, 0.5) is 18.9 Å². The molecule has 104 valence electrons. The minimum Gasteiger partial charge on any atom is -0.384 e. The lowest BCUT2D eigenvalue weighted by Crippen LogP contribution is -2.16. The van der Waals surface area contributed by atoms with Crippen LogP contribution < -0.4 is 5.32 Å². The van der Waals surface area contributed by atoms with Gasteiger partial charge in [0.25, 0.3) is 0 Å². The fraction of sp³-hybridized carbons (Fsp3) is 0.429. The number of hydrogen-bond acceptors (Lipinski definition) is 1. The normalized spacial score (nSPS) is 19.5. The van der Waals surface area contributed by atoms with Crippen molar-refractivity contribution in [2.24, 2.45) is 5.92 Å². The summed E-state index contributed by atoms with van der Waals surface area (Å²) in [5.74, 6) is 0.454. The van der Waals surface area contributed by atoms with Gasteiger partial charge in [-0.3, -0.25) is 0 Å². The summed E-state index contributed by atoms with van der Waals surface area (Å²) in [6.07, 6.45) is 2.96. The molecule has 1 aromatic rings. The van der Waals surface area contributed by atoms with Gasteiger partial charge in [0.15, 0.2) is 0 Å². The summed E-state index contributed by atoms with van der Waals surface area (Å²) in [7, 11) is 0. The van der Waals surface area contributed by atoms with E-state index in [0.717, 1.165) is 31.4 Å². The van der Waals surface area contributed by atoms with Crippen molar-refractivity contribution >= 4 is 17.3 Å². The molecule has 0 radical (unpaired) electrons. The second-order valence-corrected chi connectivity index (χ2v) is 5.13. The Morgan fingerprint density at radius 2 is 2.05 bits per heavy atom. The highest BCUT2D eigenvalue weighted by Gasteiger charge is 2.30. The third kappa shape index (κ3) is 3.90. The topological polar surface area (TPSA) is 12.0 Å². The Bertz CT molecular complexity index is 468. The maximum atomic E-state index is 12.6. The summed E-state index contributed by atoms with van der Waals surface area (Å²) in [6.45, 7) is 0.644. The van der Waals surface area contributed by atoms with Crippen molar-refractivity contribution in [1.29, 1.82) is 0 Å². The van der Waals surface area contributed by atoms with Crippen LogP contribution in [-0.4, -0.2) is 6.54 Å². The molecule has 0 fully saturated rings. The summed E-state index contributed by atoms with van der Waals surface area (Å²) in [5, 5.41) is 3.35. The van der Waals surface area contributed by atoms with E-state index in [-0.39, 0.29) is 0 Å². The molecule has 0 heterocycles. The van der Waals surface area contributed by atoms with Gasteiger partial charge in [0, 0.05) is 6.54 Å². The van der Waals surface area contributed by atoms with Crippen LogP contribution >= 0.6 is 11.6 Å². The SMILES string of the molecule is FC(F)(F)c1ccc(Cl)c(NCC2CC=CCC2)c1. The first-order valence-electron chi connectivity index (χ1n) is 6.22. The predicted molar refractivity (Wildman–Crippen MR) is 71.4 cm³/mol. The van der Waals surface area contributed by atoms with Crippen molar-refractivity contribution in [3.63, 3.8) is 0 Å². The van der Waals surface area contributed by atoms with Crippen molar-refractivity contribution in [2.45, 2.75) is 25.4 Å². The van der Waals surface area contributed by atoms with Gasteiger partial charge in [-0.05, 0) is 43.4 Å². The molecule has 1 aliphatic rings. The number of allylic oxidation sites excluding steroid dienone is 2. The van der Waals surface area contributed by atoms with E-state index < -0.39 is 11.7 Å². The molecule has 0 amide bonds. The average Bonchev–Trinajstić information content (AvgIpc) is 2.37. The lowest BCUT2D eigenvalue weighted by atomic mass is 9.94. The van der Waals surface area contributed by atoms with Crippen LogP contribution in [-0.2, 0) is 6.18 Å². The lowest BCUT2D eigenvalue weighted by Gasteiger charge is -2.20. The first-order valence-corrected chi connectivity index (χ1v) is 6.60. The second-order valence-electron chi connectivity index (χ2n) is 4.72. The van der Waals surface area contributed by atoms with Gasteiger partial charge in [-0.15, -0.1) is 0 Å². The maximum Gasteiger partial charge on any atom is 0.416 e. The van der Waals surface area contributed by atoms with Crippen LogP contribution in [0, 0.1) is 5.92 Å². The highest BCUT2D eigenvalue weighted by molar-refractivity contribution is 6.33. The summed E-state index contributed by atoms with van der Waals surface area (Å²) >= 11 is 5.92. The van der Waals surface area contributed by atoms with E-state index in [1.54, 1.807) is 0 Å². The summed E-state index contributed by atoms with van der Waals surface area (Å²) < 4.78 is 37.8. The van der Waals surface area contributed by atoms with Crippen molar-refractivity contribution < 1.29 is 13.2 Å². The van der Waals surface area contributed by atoms with Gasteiger partial charge in [0.2, 0.25) is 0 Å². The molecule has 1 aromatic carbocycles. The number of rotatable bonds is 3. The first kappa shape index (κ1) is 14.3. The third-order valence-corrected chi connectivity index (χ3v) is 3.58. The number of alkyl halides is 3. The molecule has 5 heteroatoms. The highest BCUT2D eigenvalue weighted by Crippen LogP contribution is 2.34. The van der Waals surface area contributed by atoms with Gasteiger partial charge in [0.1, 0.15) is 0 Å². The van der Waals surface area contributed by atoms with E-state index in [1.165, 1.54) is 6.07 Å². The van der Waals surface area contributed by atoms with Crippen molar-refractivity contribution in [3.05, 3.63) is 40.9 Å². The molecular weight excluding hydrogens is 275 g/mol. The van der Waals surface area contributed by atoms with Crippen molar-refractivity contribution in [1.82, 2.24) is 0 Å². The Labute approximate surface area is 115 Å². The average molecular weight is 290 g/mol. The molecule has 19 heavy (non-hydrogen) atoms. The number of benzene rings is 1. The molecule has 0 bridgehead atoms. The Morgan fingerprint density at radius 1 is 1.26 bits per heavy atom. The molecule has 2 rings (SSSR count). The molecule has 1 atom stereocenters. The standard InChI is InChI=1S/C14H15ClF3N/c15-12-7-6-11(14(16,17)18)8-13(12)19-9-10-4-2-1-3-5-10/h1-2,6-8,10,19H,3-5,9H2. The summed E-state index contributed by atoms with van der Waals surface area (Å²) in [4.78, 5) is 0. The van der Waals surface area contributed by atoms with E-state index in [0.29, 0.717) is 23.2 Å². The van der Waals surface area contributed by atoms with Crippen molar-refractivity contribution in [3.8, 4) is 0 Å².